The van der Waals surface area contributed by atoms with E-state index in [0.29, 0.717) is 24.1 Å². The third-order valence-electron chi connectivity index (χ3n) is 10.5. The van der Waals surface area contributed by atoms with E-state index < -0.39 is 65.0 Å². The molecule has 0 fully saturated rings. The van der Waals surface area contributed by atoms with Gasteiger partial charge in [-0.05, 0) is 47.9 Å². The van der Waals surface area contributed by atoms with E-state index in [1.807, 2.05) is 13.8 Å². The van der Waals surface area contributed by atoms with Gasteiger partial charge < -0.3 is 21.4 Å². The van der Waals surface area contributed by atoms with Crippen LogP contribution in [0, 0.1) is 29.5 Å². The zero-order valence-corrected chi connectivity index (χ0v) is 29.3. The van der Waals surface area contributed by atoms with Crippen molar-refractivity contribution in [1.82, 2.24) is 15.6 Å². The molecule has 2 aromatic carbocycles. The molecule has 51 heavy (non-hydrogen) atoms. The number of nitrogens with two attached hydrogens (primary N) is 1. The molecule has 1 aliphatic carbocycles. The average Bonchev–Trinajstić information content (AvgIpc) is 3.45. The van der Waals surface area contributed by atoms with Gasteiger partial charge in [-0.25, -0.2) is 4.39 Å². The van der Waals surface area contributed by atoms with Crippen LogP contribution in [0.15, 0.2) is 42.5 Å². The van der Waals surface area contributed by atoms with E-state index in [1.165, 1.54) is 30.3 Å². The van der Waals surface area contributed by atoms with Gasteiger partial charge in [0.1, 0.15) is 17.1 Å². The Morgan fingerprint density at radius 1 is 0.922 bits per heavy atom. The fraction of sp³-hybridized carbons (Fsp3) is 0.500. The van der Waals surface area contributed by atoms with Crippen LogP contribution in [-0.4, -0.2) is 46.4 Å². The van der Waals surface area contributed by atoms with Gasteiger partial charge in [0.05, 0.1) is 17.6 Å². The van der Waals surface area contributed by atoms with Crippen LogP contribution in [0.3, 0.4) is 0 Å². The largest absolute Gasteiger partial charge is 0.418 e. The molecule has 9 nitrogen and oxygen atoms in total. The Balaban J connectivity index is 1.74. The zero-order chi connectivity index (χ0) is 37.7. The summed E-state index contributed by atoms with van der Waals surface area (Å²) in [6.07, 6.45) is -4.42. The van der Waals surface area contributed by atoms with Gasteiger partial charge in [-0.2, -0.15) is 13.2 Å². The number of carbonyl (C=O) groups excluding carboxylic acids is 5. The molecule has 3 aromatic rings. The Morgan fingerprint density at radius 3 is 2.18 bits per heavy atom. The highest BCUT2D eigenvalue weighted by molar-refractivity contribution is 5.99. The second-order valence-electron chi connectivity index (χ2n) is 13.9. The number of aromatic amines is 1. The van der Waals surface area contributed by atoms with Crippen molar-refractivity contribution in [1.29, 1.82) is 0 Å². The molecule has 13 heteroatoms. The Morgan fingerprint density at radius 2 is 1.57 bits per heavy atom. The van der Waals surface area contributed by atoms with Crippen LogP contribution in [0.2, 0.25) is 0 Å². The minimum Gasteiger partial charge on any atom is -0.368 e. The fourth-order valence-electron chi connectivity index (χ4n) is 7.00. The standard InChI is InChI=1S/C38H46F4N4O5/c1-5-21(3)26(17-24(47)16-23-10-7-8-13-30(23)39)36(51)46-37(32(48)18-27(22(4)6-2)35(50)44-20-33(43)49)15-14-31-28(19-37)25-11-9-12-29(34(25)45-31)38(40,41)42/h7-13,21-22,26-27,45H,5-6,14-20H2,1-4H3,(H2,43,49)(H,44,50)(H,46,51)/t21?,22?,26-,27-,37+/m0/s1. The van der Waals surface area contributed by atoms with E-state index in [-0.39, 0.29) is 72.6 Å². The third-order valence-corrected chi connectivity index (χ3v) is 10.5. The molecule has 1 aliphatic rings. The Kier molecular flexibility index (Phi) is 12.5. The topological polar surface area (TPSA) is 151 Å². The second-order valence-corrected chi connectivity index (χ2v) is 13.9. The maximum absolute atomic E-state index is 14.6. The molecule has 0 bridgehead atoms. The van der Waals surface area contributed by atoms with E-state index in [9.17, 15) is 41.5 Å². The van der Waals surface area contributed by atoms with E-state index in [0.717, 1.165) is 6.07 Å². The van der Waals surface area contributed by atoms with Gasteiger partial charge in [0.2, 0.25) is 17.7 Å². The molecule has 1 aromatic heterocycles. The van der Waals surface area contributed by atoms with E-state index in [1.54, 1.807) is 19.9 Å². The van der Waals surface area contributed by atoms with Gasteiger partial charge in [-0.15, -0.1) is 0 Å². The van der Waals surface area contributed by atoms with Crippen LogP contribution in [-0.2, 0) is 49.4 Å². The molecule has 4 rings (SSSR count). The lowest BCUT2D eigenvalue weighted by atomic mass is 9.72. The van der Waals surface area contributed by atoms with Gasteiger partial charge in [-0.1, -0.05) is 70.9 Å². The number of aryl methyl sites for hydroxylation is 1. The number of nitrogens with one attached hydrogen (secondary N) is 3. The van der Waals surface area contributed by atoms with Crippen LogP contribution in [0.5, 0.6) is 0 Å². The van der Waals surface area contributed by atoms with E-state index >= 15 is 0 Å². The molecular formula is C38H46F4N4O5. The lowest BCUT2D eigenvalue weighted by molar-refractivity contribution is -0.139. The maximum Gasteiger partial charge on any atom is 0.418 e. The summed E-state index contributed by atoms with van der Waals surface area (Å²) in [5.74, 6) is -5.76. The third kappa shape index (κ3) is 9.04. The minimum absolute atomic E-state index is 0.0191. The number of Topliss-reactive ketones (excluding diaryl/α,β-unsaturated/α-hetero) is 2. The van der Waals surface area contributed by atoms with Gasteiger partial charge in [0.25, 0.3) is 0 Å². The quantitative estimate of drug-likeness (QED) is 0.139. The molecular weight excluding hydrogens is 668 g/mol. The normalized spacial score (nSPS) is 18.3. The second kappa shape index (κ2) is 16.2. The van der Waals surface area contributed by atoms with E-state index in [4.69, 9.17) is 5.73 Å². The molecule has 0 radical (unpaired) electrons. The number of halogens is 4. The number of H-pyrrole nitrogens is 1. The summed E-state index contributed by atoms with van der Waals surface area (Å²) >= 11 is 0. The molecule has 0 spiro atoms. The summed E-state index contributed by atoms with van der Waals surface area (Å²) in [5.41, 5.74) is 3.77. The van der Waals surface area contributed by atoms with Crippen LogP contribution in [0.4, 0.5) is 17.6 Å². The number of para-hydroxylation sites is 1. The lowest BCUT2D eigenvalue weighted by Crippen LogP contribution is -2.60. The van der Waals surface area contributed by atoms with Crippen molar-refractivity contribution >= 4 is 40.2 Å². The summed E-state index contributed by atoms with van der Waals surface area (Å²) in [7, 11) is 0. The minimum atomic E-state index is -4.64. The zero-order valence-electron chi connectivity index (χ0n) is 29.3. The van der Waals surface area contributed by atoms with Gasteiger partial charge >= 0.3 is 6.18 Å². The number of aromatic nitrogens is 1. The smallest absolute Gasteiger partial charge is 0.368 e. The van der Waals surface area contributed by atoms with Crippen LogP contribution in [0.25, 0.3) is 10.9 Å². The van der Waals surface area contributed by atoms with Crippen LogP contribution in [0.1, 0.15) is 82.2 Å². The van der Waals surface area contributed by atoms with Crippen molar-refractivity contribution in [3.05, 3.63) is 70.7 Å². The number of primary amides is 1. The Bertz CT molecular complexity index is 1790. The molecule has 0 aliphatic heterocycles. The summed E-state index contributed by atoms with van der Waals surface area (Å²) in [6.45, 7) is 6.84. The predicted octanol–water partition coefficient (Wildman–Crippen LogP) is 5.76. The van der Waals surface area contributed by atoms with Crippen molar-refractivity contribution in [2.45, 2.75) is 90.8 Å². The van der Waals surface area contributed by atoms with Crippen LogP contribution < -0.4 is 16.4 Å². The number of ketones is 2. The predicted molar refractivity (Wildman–Crippen MR) is 184 cm³/mol. The average molecular weight is 715 g/mol. The number of rotatable bonds is 16. The fourth-order valence-corrected chi connectivity index (χ4v) is 7.00. The first kappa shape index (κ1) is 39.2. The first-order valence-electron chi connectivity index (χ1n) is 17.4. The number of carbonyl (C=O) groups is 5. The number of hydrogen-bond donors (Lipinski definition) is 4. The van der Waals surface area contributed by atoms with E-state index in [2.05, 4.69) is 15.6 Å². The number of amides is 3. The molecule has 1 heterocycles. The highest BCUT2D eigenvalue weighted by atomic mass is 19.4. The highest BCUT2D eigenvalue weighted by Crippen LogP contribution is 2.41. The molecule has 5 atom stereocenters. The van der Waals surface area contributed by atoms with Crippen LogP contribution >= 0.6 is 0 Å². The Labute approximate surface area is 294 Å². The molecule has 5 N–H and O–H groups in total. The monoisotopic (exact) mass is 714 g/mol. The summed E-state index contributed by atoms with van der Waals surface area (Å²) < 4.78 is 56.3. The first-order chi connectivity index (χ1) is 24.0. The molecule has 3 amide bonds. The number of alkyl halides is 3. The Hall–Kier alpha value is -4.55. The first-order valence-corrected chi connectivity index (χ1v) is 17.4. The van der Waals surface area contributed by atoms with Crippen molar-refractivity contribution < 1.29 is 41.5 Å². The SMILES string of the molecule is CCC(C)[C@H](CC(=O)[C@@]1(NC(=O)[C@@H](CC(=O)Cc2ccccc2F)C(C)CC)CCc2[nH]c3c(C(F)(F)F)cccc3c2C1)C(=O)NCC(N)=O. The summed E-state index contributed by atoms with van der Waals surface area (Å²) in [4.78, 5) is 69.7. The van der Waals surface area contributed by atoms with Crippen molar-refractivity contribution in [2.75, 3.05) is 6.54 Å². The van der Waals surface area contributed by atoms with Gasteiger partial charge in [0, 0.05) is 48.6 Å². The summed E-state index contributed by atoms with van der Waals surface area (Å²) in [5, 5.41) is 5.70. The maximum atomic E-state index is 14.6. The van der Waals surface area contributed by atoms with Gasteiger partial charge in [0.15, 0.2) is 5.78 Å². The van der Waals surface area contributed by atoms with Gasteiger partial charge in [-0.3, -0.25) is 24.0 Å². The van der Waals surface area contributed by atoms with Crippen molar-refractivity contribution in [3.63, 3.8) is 0 Å². The number of hydrogen-bond acceptors (Lipinski definition) is 5. The highest BCUT2D eigenvalue weighted by Gasteiger charge is 2.47. The number of benzene rings is 2. The van der Waals surface area contributed by atoms with Crippen molar-refractivity contribution in [2.24, 2.45) is 29.4 Å². The molecule has 2 unspecified atom stereocenters. The molecule has 0 saturated heterocycles. The lowest BCUT2D eigenvalue weighted by Gasteiger charge is -2.39. The summed E-state index contributed by atoms with van der Waals surface area (Å²) in [6, 6.07) is 9.66. The van der Waals surface area contributed by atoms with Crippen molar-refractivity contribution in [3.8, 4) is 0 Å². The number of fused-ring (bicyclic) bond motifs is 3. The molecule has 276 valence electrons. The molecule has 0 saturated carbocycles.